The topological polar surface area (TPSA) is 46.5 Å². The molecule has 0 amide bonds. The summed E-state index contributed by atoms with van der Waals surface area (Å²) in [7, 11) is 0. The van der Waals surface area contributed by atoms with Crippen LogP contribution in [0, 0.1) is 0 Å². The maximum Gasteiger partial charge on any atom is 0.339 e. The lowest BCUT2D eigenvalue weighted by Gasteiger charge is -2.15. The van der Waals surface area contributed by atoms with Gasteiger partial charge in [-0.05, 0) is 31.9 Å². The smallest absolute Gasteiger partial charge is 0.339 e. The summed E-state index contributed by atoms with van der Waals surface area (Å²) in [5, 5.41) is 9.02. The molecule has 3 heteroatoms. The highest BCUT2D eigenvalue weighted by Gasteiger charge is 2.15. The Bertz CT molecular complexity index is 356. The molecule has 0 saturated heterocycles. The van der Waals surface area contributed by atoms with Crippen molar-refractivity contribution in [2.75, 3.05) is 0 Å². The fourth-order valence-corrected chi connectivity index (χ4v) is 1.41. The quantitative estimate of drug-likeness (QED) is 0.827. The van der Waals surface area contributed by atoms with Crippen molar-refractivity contribution >= 4 is 5.97 Å². The third kappa shape index (κ3) is 2.72. The Labute approximate surface area is 89.7 Å². The normalized spacial score (nSPS) is 10.4. The number of rotatable bonds is 4. The van der Waals surface area contributed by atoms with Crippen molar-refractivity contribution in [2.24, 2.45) is 0 Å². The van der Waals surface area contributed by atoms with Crippen LogP contribution in [-0.4, -0.2) is 17.2 Å². The van der Waals surface area contributed by atoms with Gasteiger partial charge in [-0.2, -0.15) is 0 Å². The molecule has 1 rings (SSSR count). The van der Waals surface area contributed by atoms with Gasteiger partial charge in [0, 0.05) is 0 Å². The van der Waals surface area contributed by atoms with E-state index in [9.17, 15) is 4.79 Å². The highest BCUT2D eigenvalue weighted by atomic mass is 16.5. The minimum atomic E-state index is -0.944. The largest absolute Gasteiger partial charge is 0.490 e. The summed E-state index contributed by atoms with van der Waals surface area (Å²) in [5.41, 5.74) is 1.17. The summed E-state index contributed by atoms with van der Waals surface area (Å²) in [5.74, 6) is -0.441. The summed E-state index contributed by atoms with van der Waals surface area (Å²) in [6, 6.07) is 5.21. The highest BCUT2D eigenvalue weighted by molar-refractivity contribution is 5.91. The molecule has 0 bridgehead atoms. The zero-order valence-corrected chi connectivity index (χ0v) is 9.28. The second-order valence-corrected chi connectivity index (χ2v) is 3.62. The number of hydrogen-bond acceptors (Lipinski definition) is 2. The Kier molecular flexibility index (Phi) is 3.72. The SMILES string of the molecule is CCc1cccc(C(=O)O)c1OC(C)C. The van der Waals surface area contributed by atoms with Crippen molar-refractivity contribution in [2.45, 2.75) is 33.3 Å². The van der Waals surface area contributed by atoms with E-state index in [1.165, 1.54) is 0 Å². The van der Waals surface area contributed by atoms with Gasteiger partial charge in [-0.25, -0.2) is 4.79 Å². The van der Waals surface area contributed by atoms with Gasteiger partial charge in [0.05, 0.1) is 6.10 Å². The van der Waals surface area contributed by atoms with Gasteiger partial charge in [0.25, 0.3) is 0 Å². The van der Waals surface area contributed by atoms with Crippen molar-refractivity contribution in [1.82, 2.24) is 0 Å². The van der Waals surface area contributed by atoms with Gasteiger partial charge in [-0.15, -0.1) is 0 Å². The van der Waals surface area contributed by atoms with Gasteiger partial charge in [0.1, 0.15) is 11.3 Å². The molecule has 1 N–H and O–H groups in total. The van der Waals surface area contributed by atoms with Crippen LogP contribution in [0.2, 0.25) is 0 Å². The number of aryl methyl sites for hydroxylation is 1. The maximum atomic E-state index is 11.0. The maximum absolute atomic E-state index is 11.0. The fourth-order valence-electron chi connectivity index (χ4n) is 1.41. The van der Waals surface area contributed by atoms with E-state index in [0.717, 1.165) is 12.0 Å². The van der Waals surface area contributed by atoms with Gasteiger partial charge < -0.3 is 9.84 Å². The lowest BCUT2D eigenvalue weighted by molar-refractivity contribution is 0.0690. The summed E-state index contributed by atoms with van der Waals surface area (Å²) < 4.78 is 5.55. The minimum absolute atomic E-state index is 0.0178. The Morgan fingerprint density at radius 3 is 2.60 bits per heavy atom. The minimum Gasteiger partial charge on any atom is -0.490 e. The van der Waals surface area contributed by atoms with Gasteiger partial charge in [0.15, 0.2) is 0 Å². The van der Waals surface area contributed by atoms with E-state index in [1.54, 1.807) is 12.1 Å². The molecule has 1 aromatic rings. The van der Waals surface area contributed by atoms with Crippen LogP contribution in [0.25, 0.3) is 0 Å². The van der Waals surface area contributed by atoms with Crippen molar-refractivity contribution in [3.05, 3.63) is 29.3 Å². The van der Waals surface area contributed by atoms with E-state index in [-0.39, 0.29) is 11.7 Å². The van der Waals surface area contributed by atoms with E-state index in [2.05, 4.69) is 0 Å². The van der Waals surface area contributed by atoms with Crippen LogP contribution in [-0.2, 0) is 6.42 Å². The molecular formula is C12H16O3. The monoisotopic (exact) mass is 208 g/mol. The molecule has 0 aliphatic rings. The van der Waals surface area contributed by atoms with Crippen LogP contribution in [0.3, 0.4) is 0 Å². The summed E-state index contributed by atoms with van der Waals surface area (Å²) >= 11 is 0. The first-order valence-corrected chi connectivity index (χ1v) is 5.08. The van der Waals surface area contributed by atoms with E-state index in [1.807, 2.05) is 26.8 Å². The molecular weight excluding hydrogens is 192 g/mol. The number of para-hydroxylation sites is 1. The molecule has 82 valence electrons. The molecule has 0 heterocycles. The van der Waals surface area contributed by atoms with E-state index >= 15 is 0 Å². The first kappa shape index (κ1) is 11.6. The molecule has 0 atom stereocenters. The predicted octanol–water partition coefficient (Wildman–Crippen LogP) is 2.73. The number of hydrogen-bond donors (Lipinski definition) is 1. The second-order valence-electron chi connectivity index (χ2n) is 3.62. The number of carbonyl (C=O) groups is 1. The fraction of sp³-hybridized carbons (Fsp3) is 0.417. The van der Waals surface area contributed by atoms with Gasteiger partial charge in [0.2, 0.25) is 0 Å². The summed E-state index contributed by atoms with van der Waals surface area (Å²) in [6.45, 7) is 5.75. The molecule has 0 saturated carbocycles. The molecule has 3 nitrogen and oxygen atoms in total. The average molecular weight is 208 g/mol. The number of ether oxygens (including phenoxy) is 1. The lowest BCUT2D eigenvalue weighted by Crippen LogP contribution is -2.11. The zero-order chi connectivity index (χ0) is 11.4. The molecule has 0 aliphatic heterocycles. The number of benzene rings is 1. The van der Waals surface area contributed by atoms with Crippen LogP contribution in [0.15, 0.2) is 18.2 Å². The molecule has 1 aromatic carbocycles. The van der Waals surface area contributed by atoms with Crippen molar-refractivity contribution < 1.29 is 14.6 Å². The van der Waals surface area contributed by atoms with Gasteiger partial charge >= 0.3 is 5.97 Å². The number of carboxylic acids is 1. The molecule has 0 aromatic heterocycles. The Balaban J connectivity index is 3.20. The molecule has 0 unspecified atom stereocenters. The van der Waals surface area contributed by atoms with E-state index < -0.39 is 5.97 Å². The van der Waals surface area contributed by atoms with Gasteiger partial charge in [-0.3, -0.25) is 0 Å². The third-order valence-electron chi connectivity index (χ3n) is 2.06. The van der Waals surface area contributed by atoms with Crippen molar-refractivity contribution in [3.8, 4) is 5.75 Å². The Hall–Kier alpha value is -1.51. The third-order valence-corrected chi connectivity index (χ3v) is 2.06. The van der Waals surface area contributed by atoms with Gasteiger partial charge in [-0.1, -0.05) is 19.1 Å². The molecule has 0 aliphatic carbocycles. The first-order chi connectivity index (χ1) is 7.06. The van der Waals surface area contributed by atoms with E-state index in [0.29, 0.717) is 5.75 Å². The van der Waals surface area contributed by atoms with Crippen molar-refractivity contribution in [1.29, 1.82) is 0 Å². The first-order valence-electron chi connectivity index (χ1n) is 5.08. The van der Waals surface area contributed by atoms with Crippen LogP contribution in [0.5, 0.6) is 5.75 Å². The summed E-state index contributed by atoms with van der Waals surface area (Å²) in [6.07, 6.45) is 0.749. The second kappa shape index (κ2) is 4.82. The number of carboxylic acid groups (broad SMARTS) is 1. The van der Waals surface area contributed by atoms with Crippen LogP contribution in [0.1, 0.15) is 36.7 Å². The standard InChI is InChI=1S/C12H16O3/c1-4-9-6-5-7-10(12(13)14)11(9)15-8(2)3/h5-8H,4H2,1-3H3,(H,13,14). The Morgan fingerprint density at radius 1 is 1.47 bits per heavy atom. The summed E-state index contributed by atoms with van der Waals surface area (Å²) in [4.78, 5) is 11.0. The lowest BCUT2D eigenvalue weighted by atomic mass is 10.1. The average Bonchev–Trinajstić information content (AvgIpc) is 2.16. The number of aromatic carboxylic acids is 1. The van der Waals surface area contributed by atoms with Crippen LogP contribution in [0.4, 0.5) is 0 Å². The highest BCUT2D eigenvalue weighted by Crippen LogP contribution is 2.25. The molecule has 0 radical (unpaired) electrons. The van der Waals surface area contributed by atoms with Crippen molar-refractivity contribution in [3.63, 3.8) is 0 Å². The van der Waals surface area contributed by atoms with E-state index in [4.69, 9.17) is 9.84 Å². The molecule has 0 spiro atoms. The zero-order valence-electron chi connectivity index (χ0n) is 9.28. The Morgan fingerprint density at radius 2 is 2.13 bits per heavy atom. The van der Waals surface area contributed by atoms with Crippen LogP contribution < -0.4 is 4.74 Å². The molecule has 15 heavy (non-hydrogen) atoms. The molecule has 0 fully saturated rings. The van der Waals surface area contributed by atoms with Crippen LogP contribution >= 0.6 is 0 Å². The predicted molar refractivity (Wildman–Crippen MR) is 58.5 cm³/mol.